The summed E-state index contributed by atoms with van der Waals surface area (Å²) in [6.45, 7) is 2.67. The Morgan fingerprint density at radius 1 is 1.36 bits per heavy atom. The van der Waals surface area contributed by atoms with Crippen LogP contribution in [0.15, 0.2) is 0 Å². The summed E-state index contributed by atoms with van der Waals surface area (Å²) in [6, 6.07) is 0. The molecule has 1 heterocycles. The van der Waals surface area contributed by atoms with Gasteiger partial charge in [-0.05, 0) is 6.42 Å². The van der Waals surface area contributed by atoms with Gasteiger partial charge in [-0.3, -0.25) is 4.79 Å². The van der Waals surface area contributed by atoms with Crippen molar-refractivity contribution in [1.29, 1.82) is 0 Å². The number of hydrogen-bond acceptors (Lipinski definition) is 3. The zero-order chi connectivity index (χ0) is 10.6. The van der Waals surface area contributed by atoms with Gasteiger partial charge in [-0.1, -0.05) is 19.8 Å². The topological polar surface area (TPSA) is 78.9 Å². The molecule has 2 atom stereocenters. The van der Waals surface area contributed by atoms with Gasteiger partial charge < -0.3 is 15.2 Å². The first-order valence-electron chi connectivity index (χ1n) is 4.82. The Morgan fingerprint density at radius 2 is 2.07 bits per heavy atom. The number of rotatable bonds is 6. The molecule has 0 bridgehead atoms. The molecule has 5 nitrogen and oxygen atoms in total. The third-order valence-corrected chi connectivity index (χ3v) is 2.07. The van der Waals surface area contributed by atoms with Crippen molar-refractivity contribution in [2.75, 3.05) is 6.54 Å². The number of epoxide rings is 1. The number of carboxylic acid groups (broad SMARTS) is 1. The molecule has 1 amide bonds. The maximum Gasteiger partial charge on any atom is 0.336 e. The number of amides is 1. The van der Waals surface area contributed by atoms with Gasteiger partial charge in [-0.2, -0.15) is 0 Å². The van der Waals surface area contributed by atoms with Crippen LogP contribution in [-0.2, 0) is 14.3 Å². The average molecular weight is 201 g/mol. The zero-order valence-corrected chi connectivity index (χ0v) is 8.16. The molecule has 0 saturated carbocycles. The SMILES string of the molecule is CCCCCNC(=O)C1OC1C(=O)O. The number of hydrogen-bond donors (Lipinski definition) is 2. The van der Waals surface area contributed by atoms with Crippen molar-refractivity contribution in [3.05, 3.63) is 0 Å². The largest absolute Gasteiger partial charge is 0.479 e. The van der Waals surface area contributed by atoms with E-state index >= 15 is 0 Å². The molecule has 0 radical (unpaired) electrons. The predicted molar refractivity (Wildman–Crippen MR) is 48.8 cm³/mol. The molecule has 2 unspecified atom stereocenters. The fourth-order valence-corrected chi connectivity index (χ4v) is 1.19. The third kappa shape index (κ3) is 2.99. The highest BCUT2D eigenvalue weighted by Gasteiger charge is 2.50. The van der Waals surface area contributed by atoms with Crippen molar-refractivity contribution < 1.29 is 19.4 Å². The highest BCUT2D eigenvalue weighted by atomic mass is 16.6. The third-order valence-electron chi connectivity index (χ3n) is 2.07. The maximum atomic E-state index is 11.2. The van der Waals surface area contributed by atoms with Crippen LogP contribution in [0.2, 0.25) is 0 Å². The summed E-state index contributed by atoms with van der Waals surface area (Å²) in [5.74, 6) is -1.38. The predicted octanol–water partition coefficient (Wildman–Crippen LogP) is 0.145. The van der Waals surface area contributed by atoms with Gasteiger partial charge in [0.1, 0.15) is 0 Å². The lowest BCUT2D eigenvalue weighted by atomic mass is 10.2. The van der Waals surface area contributed by atoms with Gasteiger partial charge in [0.15, 0.2) is 12.2 Å². The molecule has 80 valence electrons. The Kier molecular flexibility index (Phi) is 3.88. The molecule has 1 aliphatic rings. The lowest BCUT2D eigenvalue weighted by Crippen LogP contribution is -2.31. The van der Waals surface area contributed by atoms with Crippen LogP contribution in [-0.4, -0.2) is 35.7 Å². The van der Waals surface area contributed by atoms with E-state index in [1.165, 1.54) is 0 Å². The first kappa shape index (κ1) is 11.0. The van der Waals surface area contributed by atoms with Crippen molar-refractivity contribution in [3.8, 4) is 0 Å². The van der Waals surface area contributed by atoms with Gasteiger partial charge in [-0.15, -0.1) is 0 Å². The van der Waals surface area contributed by atoms with Crippen LogP contribution in [0.4, 0.5) is 0 Å². The smallest absolute Gasteiger partial charge is 0.336 e. The number of unbranched alkanes of at least 4 members (excludes halogenated alkanes) is 2. The Labute approximate surface area is 82.4 Å². The van der Waals surface area contributed by atoms with Gasteiger partial charge in [0.2, 0.25) is 0 Å². The lowest BCUT2D eigenvalue weighted by molar-refractivity contribution is -0.138. The molecule has 0 aromatic heterocycles. The summed E-state index contributed by atoms with van der Waals surface area (Å²) >= 11 is 0. The zero-order valence-electron chi connectivity index (χ0n) is 8.16. The highest BCUT2D eigenvalue weighted by Crippen LogP contribution is 2.21. The van der Waals surface area contributed by atoms with E-state index in [0.717, 1.165) is 19.3 Å². The molecule has 1 rings (SSSR count). The summed E-state index contributed by atoms with van der Waals surface area (Å²) in [7, 11) is 0. The number of carbonyl (C=O) groups excluding carboxylic acids is 1. The standard InChI is InChI=1S/C9H15NO4/c1-2-3-4-5-10-8(11)6-7(14-6)9(12)13/h6-7H,2-5H2,1H3,(H,10,11)(H,12,13). The molecule has 0 aromatic rings. The normalized spacial score (nSPS) is 24.4. The van der Waals surface area contributed by atoms with Crippen molar-refractivity contribution in [3.63, 3.8) is 0 Å². The molecule has 1 fully saturated rings. The number of nitrogens with one attached hydrogen (secondary N) is 1. The molecule has 0 spiro atoms. The summed E-state index contributed by atoms with van der Waals surface area (Å²) in [5.41, 5.74) is 0. The Morgan fingerprint density at radius 3 is 2.57 bits per heavy atom. The number of aliphatic carboxylic acids is 1. The Balaban J connectivity index is 2.09. The van der Waals surface area contributed by atoms with E-state index in [2.05, 4.69) is 17.0 Å². The highest BCUT2D eigenvalue weighted by molar-refractivity contribution is 5.91. The monoisotopic (exact) mass is 201 g/mol. The van der Waals surface area contributed by atoms with E-state index < -0.39 is 18.2 Å². The molecule has 1 saturated heterocycles. The van der Waals surface area contributed by atoms with Crippen molar-refractivity contribution >= 4 is 11.9 Å². The molecular formula is C9H15NO4. The second-order valence-electron chi connectivity index (χ2n) is 3.31. The second kappa shape index (κ2) is 4.95. The number of ether oxygens (including phenoxy) is 1. The van der Waals surface area contributed by atoms with Crippen LogP contribution >= 0.6 is 0 Å². The minimum absolute atomic E-state index is 0.312. The van der Waals surface area contributed by atoms with Gasteiger partial charge in [0, 0.05) is 6.54 Å². The van der Waals surface area contributed by atoms with Crippen LogP contribution in [0.25, 0.3) is 0 Å². The van der Waals surface area contributed by atoms with Crippen molar-refractivity contribution in [2.45, 2.75) is 38.4 Å². The minimum Gasteiger partial charge on any atom is -0.479 e. The molecule has 2 N–H and O–H groups in total. The van der Waals surface area contributed by atoms with Gasteiger partial charge in [-0.25, -0.2) is 4.79 Å². The quantitative estimate of drug-likeness (QED) is 0.473. The molecular weight excluding hydrogens is 186 g/mol. The molecule has 0 aromatic carbocycles. The van der Waals surface area contributed by atoms with E-state index in [1.54, 1.807) is 0 Å². The first-order valence-corrected chi connectivity index (χ1v) is 4.82. The fourth-order valence-electron chi connectivity index (χ4n) is 1.19. The molecule has 5 heteroatoms. The summed E-state index contributed by atoms with van der Waals surface area (Å²) in [4.78, 5) is 21.5. The van der Waals surface area contributed by atoms with Gasteiger partial charge >= 0.3 is 5.97 Å². The first-order chi connectivity index (χ1) is 6.66. The number of carboxylic acids is 1. The van der Waals surface area contributed by atoms with Crippen LogP contribution in [0.1, 0.15) is 26.2 Å². The molecule has 14 heavy (non-hydrogen) atoms. The van der Waals surface area contributed by atoms with Crippen LogP contribution in [0.3, 0.4) is 0 Å². The summed E-state index contributed by atoms with van der Waals surface area (Å²) in [5, 5.41) is 11.1. The Bertz CT molecular complexity index is 229. The number of carbonyl (C=O) groups is 2. The fraction of sp³-hybridized carbons (Fsp3) is 0.778. The lowest BCUT2D eigenvalue weighted by Gasteiger charge is -2.00. The van der Waals surface area contributed by atoms with Crippen LogP contribution in [0.5, 0.6) is 0 Å². The summed E-state index contributed by atoms with van der Waals surface area (Å²) in [6.07, 6.45) is 1.38. The minimum atomic E-state index is -1.07. The average Bonchev–Trinajstić information content (AvgIpc) is 2.91. The van der Waals surface area contributed by atoms with Crippen molar-refractivity contribution in [1.82, 2.24) is 5.32 Å². The van der Waals surface area contributed by atoms with Gasteiger partial charge in [0.05, 0.1) is 0 Å². The van der Waals surface area contributed by atoms with E-state index in [4.69, 9.17) is 5.11 Å². The van der Waals surface area contributed by atoms with E-state index in [-0.39, 0.29) is 5.91 Å². The molecule has 1 aliphatic heterocycles. The van der Waals surface area contributed by atoms with Crippen LogP contribution < -0.4 is 5.32 Å². The van der Waals surface area contributed by atoms with Crippen molar-refractivity contribution in [2.24, 2.45) is 0 Å². The Hall–Kier alpha value is -1.10. The van der Waals surface area contributed by atoms with Crippen LogP contribution in [0, 0.1) is 0 Å². The van der Waals surface area contributed by atoms with E-state index in [9.17, 15) is 9.59 Å². The summed E-state index contributed by atoms with van der Waals surface area (Å²) < 4.78 is 4.69. The second-order valence-corrected chi connectivity index (χ2v) is 3.31. The molecule has 0 aliphatic carbocycles. The van der Waals surface area contributed by atoms with Gasteiger partial charge in [0.25, 0.3) is 5.91 Å². The maximum absolute atomic E-state index is 11.2. The van der Waals surface area contributed by atoms with E-state index in [1.807, 2.05) is 0 Å². The van der Waals surface area contributed by atoms with E-state index in [0.29, 0.717) is 6.54 Å².